The van der Waals surface area contributed by atoms with E-state index >= 15 is 0 Å². The fourth-order valence-electron chi connectivity index (χ4n) is 8.07. The summed E-state index contributed by atoms with van der Waals surface area (Å²) in [5.74, 6) is 0.330. The molecule has 9 nitrogen and oxygen atoms in total. The van der Waals surface area contributed by atoms with Gasteiger partial charge in [0.25, 0.3) is 5.91 Å². The van der Waals surface area contributed by atoms with E-state index in [1.165, 1.54) is 6.42 Å². The van der Waals surface area contributed by atoms with Gasteiger partial charge in [-0.2, -0.15) is 0 Å². The van der Waals surface area contributed by atoms with Crippen molar-refractivity contribution in [2.75, 3.05) is 39.8 Å². The number of carbonyl (C=O) groups is 2. The van der Waals surface area contributed by atoms with Crippen LogP contribution in [0.4, 0.5) is 0 Å². The van der Waals surface area contributed by atoms with Gasteiger partial charge in [0.2, 0.25) is 5.91 Å². The number of carbonyl (C=O) groups excluding carboxylic acids is 2. The van der Waals surface area contributed by atoms with Gasteiger partial charge < -0.3 is 35.8 Å². The number of amides is 2. The molecule has 6 rings (SSSR count). The van der Waals surface area contributed by atoms with Crippen molar-refractivity contribution < 1.29 is 24.9 Å². The van der Waals surface area contributed by atoms with Crippen LogP contribution in [0.3, 0.4) is 0 Å². The number of aliphatic hydroxyl groups is 3. The average Bonchev–Trinajstić information content (AvgIpc) is 3.03. The summed E-state index contributed by atoms with van der Waals surface area (Å²) in [6.07, 6.45) is -0.177. The summed E-state index contributed by atoms with van der Waals surface area (Å²) in [5.41, 5.74) is 3.74. The van der Waals surface area contributed by atoms with Crippen LogP contribution in [0.1, 0.15) is 56.5 Å². The van der Waals surface area contributed by atoms with Gasteiger partial charge in [-0.25, -0.2) is 0 Å². The number of piperazine rings is 1. The molecule has 2 bridgehead atoms. The predicted molar refractivity (Wildman–Crippen MR) is 175 cm³/mol. The van der Waals surface area contributed by atoms with Crippen LogP contribution in [0.25, 0.3) is 11.1 Å². The van der Waals surface area contributed by atoms with Gasteiger partial charge in [-0.1, -0.05) is 51.1 Å². The lowest BCUT2D eigenvalue weighted by Gasteiger charge is -2.62. The Morgan fingerprint density at radius 2 is 1.67 bits per heavy atom. The Labute approximate surface area is 268 Å². The largest absolute Gasteiger partial charge is 0.394 e. The molecule has 8 atom stereocenters. The zero-order chi connectivity index (χ0) is 32.5. The molecule has 4 fully saturated rings. The molecule has 0 radical (unpaired) electrons. The molecule has 2 aromatic rings. The Balaban J connectivity index is 1.30. The van der Waals surface area contributed by atoms with E-state index in [1.807, 2.05) is 53.4 Å². The predicted octanol–water partition coefficient (Wildman–Crippen LogP) is 2.74. The van der Waals surface area contributed by atoms with Crippen LogP contribution in [0.15, 0.2) is 48.5 Å². The van der Waals surface area contributed by atoms with Gasteiger partial charge in [-0.05, 0) is 84.9 Å². The van der Waals surface area contributed by atoms with Crippen molar-refractivity contribution in [2.45, 2.75) is 71.4 Å². The van der Waals surface area contributed by atoms with E-state index in [0.717, 1.165) is 36.2 Å². The van der Waals surface area contributed by atoms with Crippen LogP contribution in [0, 0.1) is 29.1 Å². The highest BCUT2D eigenvalue weighted by molar-refractivity contribution is 5.95. The Kier molecular flexibility index (Phi) is 10.4. The third-order valence-corrected chi connectivity index (χ3v) is 11.2. The van der Waals surface area contributed by atoms with Gasteiger partial charge in [0.15, 0.2) is 0 Å². The molecule has 3 aliphatic carbocycles. The van der Waals surface area contributed by atoms with Crippen molar-refractivity contribution in [3.05, 3.63) is 59.7 Å². The number of fused-ring (bicyclic) bond motifs is 2. The van der Waals surface area contributed by atoms with Crippen LogP contribution in [-0.4, -0.2) is 101 Å². The fraction of sp³-hybridized carbons (Fsp3) is 0.611. The van der Waals surface area contributed by atoms with E-state index in [0.29, 0.717) is 43.0 Å². The molecule has 0 aromatic heterocycles. The SMILES string of the molecule is C[C@@H]1[C@@H](NC(=O)[C@@H](NCc2cccc(-c3cccc(C(=O)N4CCN(C)CC4)c3)c2)[C@H]([C@H](C)O)[C@@H](O)CO)C[C@H]2C[C@@H]1C2(C)C. The van der Waals surface area contributed by atoms with E-state index in [9.17, 15) is 24.9 Å². The van der Waals surface area contributed by atoms with E-state index in [1.54, 1.807) is 6.92 Å². The zero-order valence-corrected chi connectivity index (χ0v) is 27.4. The minimum absolute atomic E-state index is 0.0312. The summed E-state index contributed by atoms with van der Waals surface area (Å²) < 4.78 is 0. The Bertz CT molecular complexity index is 1340. The molecule has 2 amide bonds. The van der Waals surface area contributed by atoms with Crippen LogP contribution in [-0.2, 0) is 11.3 Å². The monoisotopic (exact) mass is 620 g/mol. The minimum atomic E-state index is -1.27. The first kappa shape index (κ1) is 33.5. The van der Waals surface area contributed by atoms with Gasteiger partial charge in [0.05, 0.1) is 24.9 Å². The first-order valence-electron chi connectivity index (χ1n) is 16.6. The summed E-state index contributed by atoms with van der Waals surface area (Å²) in [6, 6.07) is 14.7. The van der Waals surface area contributed by atoms with Crippen molar-refractivity contribution in [1.82, 2.24) is 20.4 Å². The molecular formula is C36H52N4O5. The second-order valence-corrected chi connectivity index (χ2v) is 14.4. The Morgan fingerprint density at radius 1 is 1.00 bits per heavy atom. The topological polar surface area (TPSA) is 125 Å². The molecule has 0 spiro atoms. The lowest BCUT2D eigenvalue weighted by molar-refractivity contribution is -0.139. The van der Waals surface area contributed by atoms with E-state index < -0.39 is 30.8 Å². The molecule has 2 aromatic carbocycles. The quantitative estimate of drug-likeness (QED) is 0.262. The molecule has 5 N–H and O–H groups in total. The van der Waals surface area contributed by atoms with E-state index in [-0.39, 0.29) is 23.3 Å². The molecule has 1 aliphatic heterocycles. The maximum Gasteiger partial charge on any atom is 0.253 e. The first-order chi connectivity index (χ1) is 21.4. The van der Waals surface area contributed by atoms with Crippen molar-refractivity contribution in [2.24, 2.45) is 29.1 Å². The number of benzene rings is 2. The second-order valence-electron chi connectivity index (χ2n) is 14.4. The third kappa shape index (κ3) is 7.13. The summed E-state index contributed by atoms with van der Waals surface area (Å²) in [6.45, 7) is 11.3. The molecule has 3 saturated carbocycles. The third-order valence-electron chi connectivity index (χ3n) is 11.2. The lowest BCUT2D eigenvalue weighted by atomic mass is 9.45. The van der Waals surface area contributed by atoms with Crippen molar-refractivity contribution in [3.63, 3.8) is 0 Å². The van der Waals surface area contributed by atoms with Crippen molar-refractivity contribution >= 4 is 11.8 Å². The van der Waals surface area contributed by atoms with Crippen molar-refractivity contribution in [1.29, 1.82) is 0 Å². The van der Waals surface area contributed by atoms with E-state index in [4.69, 9.17) is 0 Å². The highest BCUT2D eigenvalue weighted by Gasteiger charge is 2.56. The molecular weight excluding hydrogens is 568 g/mol. The Hall–Kier alpha value is -2.82. The van der Waals surface area contributed by atoms with Gasteiger partial charge in [0.1, 0.15) is 0 Å². The van der Waals surface area contributed by atoms with Gasteiger partial charge in [-0.15, -0.1) is 0 Å². The average molecular weight is 621 g/mol. The van der Waals surface area contributed by atoms with Gasteiger partial charge in [0, 0.05) is 50.2 Å². The number of aliphatic hydroxyl groups excluding tert-OH is 3. The van der Waals surface area contributed by atoms with Crippen LogP contribution in [0.5, 0.6) is 0 Å². The number of hydrogen-bond acceptors (Lipinski definition) is 7. The summed E-state index contributed by atoms with van der Waals surface area (Å²) in [4.78, 5) is 31.2. The number of nitrogens with zero attached hydrogens (tertiary/aromatic N) is 2. The Morgan fingerprint density at radius 3 is 2.29 bits per heavy atom. The molecule has 1 heterocycles. The van der Waals surface area contributed by atoms with Crippen LogP contribution >= 0.6 is 0 Å². The number of hydrogen-bond donors (Lipinski definition) is 5. The lowest BCUT2D eigenvalue weighted by Crippen LogP contribution is -2.63. The number of rotatable bonds is 11. The summed E-state index contributed by atoms with van der Waals surface area (Å²) in [5, 5.41) is 37.7. The van der Waals surface area contributed by atoms with Gasteiger partial charge >= 0.3 is 0 Å². The van der Waals surface area contributed by atoms with Crippen molar-refractivity contribution in [3.8, 4) is 11.1 Å². The normalized spacial score (nSPS) is 27.2. The maximum absolute atomic E-state index is 13.8. The van der Waals surface area contributed by atoms with Gasteiger partial charge in [-0.3, -0.25) is 9.59 Å². The molecule has 45 heavy (non-hydrogen) atoms. The minimum Gasteiger partial charge on any atom is -0.394 e. The molecule has 246 valence electrons. The highest BCUT2D eigenvalue weighted by atomic mass is 16.3. The maximum atomic E-state index is 13.8. The highest BCUT2D eigenvalue weighted by Crippen LogP contribution is 2.61. The smallest absolute Gasteiger partial charge is 0.253 e. The molecule has 4 aliphatic rings. The second kappa shape index (κ2) is 13.9. The van der Waals surface area contributed by atoms with Crippen LogP contribution < -0.4 is 10.6 Å². The summed E-state index contributed by atoms with van der Waals surface area (Å²) >= 11 is 0. The number of likely N-dealkylation sites (N-methyl/N-ethyl adjacent to an activating group) is 1. The molecule has 1 saturated heterocycles. The first-order valence-corrected chi connectivity index (χ1v) is 16.6. The molecule has 0 unspecified atom stereocenters. The van der Waals surface area contributed by atoms with Crippen LogP contribution in [0.2, 0.25) is 0 Å². The van der Waals surface area contributed by atoms with E-state index in [2.05, 4.69) is 43.4 Å². The summed E-state index contributed by atoms with van der Waals surface area (Å²) in [7, 11) is 2.07. The number of nitrogens with one attached hydrogen (secondary N) is 2. The molecule has 9 heteroatoms. The zero-order valence-electron chi connectivity index (χ0n) is 27.4. The standard InChI is InChI=1S/C36H52N4O5/c1-22-29-18-28(36(29,3)4)19-30(22)38-34(44)33(32(23(2)42)31(43)21-41)37-20-24-8-6-9-25(16-24)26-10-7-11-27(17-26)35(45)40-14-12-39(5)13-15-40/h6-11,16-17,22-23,28-33,37,41-43H,12-15,18-21H2,1-5H3,(H,38,44)/t22-,23-,28+,29-,30-,31-,32+,33-/m0/s1. The fourth-order valence-corrected chi connectivity index (χ4v) is 8.07.